The molecule has 11 heteroatoms. The zero-order valence-electron chi connectivity index (χ0n) is 19.1. The molecule has 3 aromatic heterocycles. The fraction of sp³-hybridized carbons (Fsp3) is 0.391. The summed E-state index contributed by atoms with van der Waals surface area (Å²) in [7, 11) is 0. The number of amides is 2. The third-order valence-corrected chi connectivity index (χ3v) is 5.56. The van der Waals surface area contributed by atoms with E-state index in [4.69, 9.17) is 9.15 Å². The minimum Gasteiger partial charge on any atom is -0.460 e. The SMILES string of the molecule is CC[C@@H](C)NC(=O)c1cnccc1NC(=O)c1coc(N2CCC(Oc3ncccn3)CC2)n1. The number of hydrogen-bond donors (Lipinski definition) is 2. The maximum atomic E-state index is 12.8. The molecule has 0 radical (unpaired) electrons. The molecule has 0 saturated carbocycles. The molecule has 2 amide bonds. The standard InChI is InChI=1S/C23H27N7O4/c1-3-15(2)27-20(31)17-13-24-10-5-18(17)28-21(32)19-14-33-23(29-19)30-11-6-16(7-12-30)34-22-25-8-4-9-26-22/h4-5,8-10,13-16H,3,6-7,11-12H2,1-2H3,(H,27,31)(H,24,28,32)/t15-/m1/s1. The zero-order chi connectivity index (χ0) is 23.9. The summed E-state index contributed by atoms with van der Waals surface area (Å²) in [6.07, 6.45) is 9.81. The van der Waals surface area contributed by atoms with Gasteiger partial charge in [0.2, 0.25) is 0 Å². The van der Waals surface area contributed by atoms with E-state index in [-0.39, 0.29) is 29.3 Å². The van der Waals surface area contributed by atoms with E-state index in [1.54, 1.807) is 24.5 Å². The molecule has 0 aliphatic carbocycles. The second kappa shape index (κ2) is 10.7. The topological polar surface area (TPSA) is 135 Å². The van der Waals surface area contributed by atoms with Crippen LogP contribution in [0.4, 0.5) is 11.7 Å². The first-order valence-electron chi connectivity index (χ1n) is 11.2. The molecular formula is C23H27N7O4. The molecule has 1 saturated heterocycles. The molecule has 0 aromatic carbocycles. The second-order valence-corrected chi connectivity index (χ2v) is 8.01. The Labute approximate surface area is 197 Å². The minimum atomic E-state index is -0.474. The Morgan fingerprint density at radius 3 is 2.71 bits per heavy atom. The Morgan fingerprint density at radius 2 is 1.97 bits per heavy atom. The first kappa shape index (κ1) is 23.1. The van der Waals surface area contributed by atoms with Crippen molar-refractivity contribution in [1.29, 1.82) is 0 Å². The molecule has 1 aliphatic rings. The van der Waals surface area contributed by atoms with Crippen molar-refractivity contribution >= 4 is 23.5 Å². The van der Waals surface area contributed by atoms with Crippen LogP contribution in [-0.4, -0.2) is 57.0 Å². The molecule has 0 bridgehead atoms. The Balaban J connectivity index is 1.35. The maximum Gasteiger partial charge on any atom is 0.316 e. The van der Waals surface area contributed by atoms with Gasteiger partial charge in [-0.3, -0.25) is 14.6 Å². The van der Waals surface area contributed by atoms with Crippen molar-refractivity contribution in [2.24, 2.45) is 0 Å². The lowest BCUT2D eigenvalue weighted by atomic mass is 10.1. The second-order valence-electron chi connectivity index (χ2n) is 8.01. The highest BCUT2D eigenvalue weighted by Crippen LogP contribution is 2.22. The largest absolute Gasteiger partial charge is 0.460 e. The van der Waals surface area contributed by atoms with Crippen molar-refractivity contribution in [1.82, 2.24) is 25.3 Å². The zero-order valence-corrected chi connectivity index (χ0v) is 19.1. The van der Waals surface area contributed by atoms with Gasteiger partial charge in [-0.1, -0.05) is 6.92 Å². The fourth-order valence-electron chi connectivity index (χ4n) is 3.45. The lowest BCUT2D eigenvalue weighted by molar-refractivity contribution is 0.0939. The number of oxazole rings is 1. The van der Waals surface area contributed by atoms with E-state index in [0.717, 1.165) is 19.3 Å². The molecule has 3 aromatic rings. The number of rotatable bonds is 8. The van der Waals surface area contributed by atoms with E-state index in [0.29, 0.717) is 30.8 Å². The van der Waals surface area contributed by atoms with E-state index in [1.165, 1.54) is 18.7 Å². The van der Waals surface area contributed by atoms with E-state index in [1.807, 2.05) is 18.7 Å². The summed E-state index contributed by atoms with van der Waals surface area (Å²) in [5.74, 6) is -0.775. The molecule has 0 unspecified atom stereocenters. The van der Waals surface area contributed by atoms with Crippen LogP contribution in [0.3, 0.4) is 0 Å². The van der Waals surface area contributed by atoms with Gasteiger partial charge in [0, 0.05) is 56.8 Å². The quantitative estimate of drug-likeness (QED) is 0.514. The number of nitrogens with one attached hydrogen (secondary N) is 2. The fourth-order valence-corrected chi connectivity index (χ4v) is 3.45. The van der Waals surface area contributed by atoms with Gasteiger partial charge in [0.15, 0.2) is 5.69 Å². The molecule has 4 heterocycles. The van der Waals surface area contributed by atoms with Gasteiger partial charge in [-0.05, 0) is 25.5 Å². The Bertz CT molecular complexity index is 1110. The van der Waals surface area contributed by atoms with Crippen LogP contribution in [0.2, 0.25) is 0 Å². The molecule has 1 fully saturated rings. The molecule has 11 nitrogen and oxygen atoms in total. The number of carbonyl (C=O) groups excluding carboxylic acids is 2. The van der Waals surface area contributed by atoms with Crippen molar-refractivity contribution in [3.05, 3.63) is 54.4 Å². The van der Waals surface area contributed by atoms with Gasteiger partial charge in [-0.15, -0.1) is 0 Å². The van der Waals surface area contributed by atoms with Crippen LogP contribution in [0, 0.1) is 0 Å². The van der Waals surface area contributed by atoms with Crippen molar-refractivity contribution in [2.45, 2.75) is 45.3 Å². The smallest absolute Gasteiger partial charge is 0.316 e. The van der Waals surface area contributed by atoms with Crippen LogP contribution in [0.5, 0.6) is 6.01 Å². The van der Waals surface area contributed by atoms with Gasteiger partial charge in [-0.25, -0.2) is 9.97 Å². The molecule has 178 valence electrons. The van der Waals surface area contributed by atoms with E-state index in [9.17, 15) is 9.59 Å². The summed E-state index contributed by atoms with van der Waals surface area (Å²) >= 11 is 0. The van der Waals surface area contributed by atoms with Crippen molar-refractivity contribution in [3.8, 4) is 6.01 Å². The predicted molar refractivity (Wildman–Crippen MR) is 124 cm³/mol. The van der Waals surface area contributed by atoms with Crippen molar-refractivity contribution in [3.63, 3.8) is 0 Å². The average molecular weight is 466 g/mol. The molecule has 34 heavy (non-hydrogen) atoms. The normalized spacial score (nSPS) is 14.9. The highest BCUT2D eigenvalue weighted by atomic mass is 16.5. The van der Waals surface area contributed by atoms with Gasteiger partial charge < -0.3 is 24.7 Å². The van der Waals surface area contributed by atoms with E-state index in [2.05, 4.69) is 30.6 Å². The Kier molecular flexibility index (Phi) is 7.31. The molecule has 0 spiro atoms. The third-order valence-electron chi connectivity index (χ3n) is 5.56. The summed E-state index contributed by atoms with van der Waals surface area (Å²) in [5.41, 5.74) is 0.756. The van der Waals surface area contributed by atoms with Gasteiger partial charge in [0.05, 0.1) is 11.3 Å². The number of hydrogen-bond acceptors (Lipinski definition) is 9. The minimum absolute atomic E-state index is 0.00284. The van der Waals surface area contributed by atoms with Gasteiger partial charge >= 0.3 is 6.01 Å². The first-order valence-corrected chi connectivity index (χ1v) is 11.2. The summed E-state index contributed by atoms with van der Waals surface area (Å²) in [6.45, 7) is 5.20. The molecular weight excluding hydrogens is 438 g/mol. The van der Waals surface area contributed by atoms with E-state index < -0.39 is 5.91 Å². The van der Waals surface area contributed by atoms with Crippen LogP contribution in [-0.2, 0) is 0 Å². The number of ether oxygens (including phenoxy) is 1. The molecule has 1 atom stereocenters. The van der Waals surface area contributed by atoms with Crippen LogP contribution in [0.15, 0.2) is 47.6 Å². The lowest BCUT2D eigenvalue weighted by Gasteiger charge is -2.30. The molecule has 4 rings (SSSR count). The maximum absolute atomic E-state index is 12.8. The Hall–Kier alpha value is -4.02. The van der Waals surface area contributed by atoms with Crippen LogP contribution in [0.1, 0.15) is 54.0 Å². The van der Waals surface area contributed by atoms with Crippen LogP contribution >= 0.6 is 0 Å². The summed E-state index contributed by atoms with van der Waals surface area (Å²) in [4.78, 5) is 43.8. The number of piperidine rings is 1. The van der Waals surface area contributed by atoms with Gasteiger partial charge in [-0.2, -0.15) is 4.98 Å². The predicted octanol–water partition coefficient (Wildman–Crippen LogP) is 2.69. The van der Waals surface area contributed by atoms with E-state index >= 15 is 0 Å². The monoisotopic (exact) mass is 465 g/mol. The number of aromatic nitrogens is 4. The van der Waals surface area contributed by atoms with Gasteiger partial charge in [0.25, 0.3) is 17.8 Å². The van der Waals surface area contributed by atoms with Crippen molar-refractivity contribution < 1.29 is 18.7 Å². The number of pyridine rings is 1. The lowest BCUT2D eigenvalue weighted by Crippen LogP contribution is -2.38. The summed E-state index contributed by atoms with van der Waals surface area (Å²) in [5, 5.41) is 5.61. The van der Waals surface area contributed by atoms with Gasteiger partial charge in [0.1, 0.15) is 12.4 Å². The summed E-state index contributed by atoms with van der Waals surface area (Å²) in [6, 6.07) is 4.05. The third kappa shape index (κ3) is 5.66. The number of anilines is 2. The molecule has 1 aliphatic heterocycles. The van der Waals surface area contributed by atoms with Crippen LogP contribution in [0.25, 0.3) is 0 Å². The van der Waals surface area contributed by atoms with Crippen molar-refractivity contribution in [2.75, 3.05) is 23.3 Å². The summed E-state index contributed by atoms with van der Waals surface area (Å²) < 4.78 is 11.4. The number of nitrogens with zero attached hydrogens (tertiary/aromatic N) is 5. The average Bonchev–Trinajstić information content (AvgIpc) is 3.36. The highest BCUT2D eigenvalue weighted by molar-refractivity contribution is 6.08. The molecule has 2 N–H and O–H groups in total. The van der Waals surface area contributed by atoms with Crippen LogP contribution < -0.4 is 20.3 Å². The highest BCUT2D eigenvalue weighted by Gasteiger charge is 2.25. The Morgan fingerprint density at radius 1 is 1.21 bits per heavy atom. The number of carbonyl (C=O) groups is 2. The first-order chi connectivity index (χ1) is 16.5.